The number of amides is 1. The monoisotopic (exact) mass is 553 g/mol. The van der Waals surface area contributed by atoms with Crippen molar-refractivity contribution in [3.05, 3.63) is 60.2 Å². The Morgan fingerprint density at radius 1 is 1.29 bits per heavy atom. The zero-order valence-electron chi connectivity index (χ0n) is 27.2. The number of benzene rings is 2. The van der Waals surface area contributed by atoms with E-state index in [0.717, 1.165) is 0 Å². The van der Waals surface area contributed by atoms with Gasteiger partial charge in [-0.05, 0) is 48.6 Å². The Balaban J connectivity index is 1.71. The van der Waals surface area contributed by atoms with Crippen LogP contribution < -0.4 is 11.1 Å². The quantitative estimate of drug-likeness (QED) is 0.360. The number of nitrogen functional groups attached to an aromatic ring is 1. The molecule has 0 unspecified atom stereocenters. The number of fused-ring (bicyclic) bond motifs is 1. The molecule has 4 N–H and O–H groups in total. The van der Waals surface area contributed by atoms with Crippen LogP contribution in [0.2, 0.25) is 0 Å². The third-order valence-corrected chi connectivity index (χ3v) is 7.69. The molecule has 4 rings (SSSR count). The molecule has 5 atom stereocenters. The van der Waals surface area contributed by atoms with Crippen LogP contribution in [0, 0.1) is 11.8 Å². The second-order valence-electron chi connectivity index (χ2n) is 9.49. The van der Waals surface area contributed by atoms with Crippen molar-refractivity contribution in [3.8, 4) is 0 Å². The van der Waals surface area contributed by atoms with Gasteiger partial charge in [-0.25, -0.2) is 13.2 Å². The summed E-state index contributed by atoms with van der Waals surface area (Å²) in [6.45, 7) is -3.17. The fraction of sp³-hybridized carbons (Fsp3) is 0.519. The van der Waals surface area contributed by atoms with Crippen LogP contribution in [0.3, 0.4) is 0 Å². The summed E-state index contributed by atoms with van der Waals surface area (Å²) in [6.07, 6.45) is -8.71. The minimum absolute atomic E-state index is 0.147. The Morgan fingerprint density at radius 3 is 2.68 bits per heavy atom. The van der Waals surface area contributed by atoms with Gasteiger partial charge in [-0.1, -0.05) is 44.2 Å². The topological polar surface area (TPSA) is 140 Å². The highest BCUT2D eigenvalue weighted by Gasteiger charge is 2.44. The lowest BCUT2D eigenvalue weighted by Gasteiger charge is -2.31. The average molecular weight is 554 g/mol. The first-order valence-electron chi connectivity index (χ1n) is 15.3. The molecule has 2 saturated heterocycles. The molecule has 0 spiro atoms. The number of nitrogens with zero attached hydrogens (tertiary/aromatic N) is 1. The van der Waals surface area contributed by atoms with Crippen LogP contribution in [-0.2, 0) is 30.7 Å². The van der Waals surface area contributed by atoms with E-state index in [9.17, 15) is 18.3 Å². The minimum atomic E-state index is -4.67. The van der Waals surface area contributed by atoms with Gasteiger partial charge in [-0.3, -0.25) is 0 Å². The maximum absolute atomic E-state index is 13.8. The van der Waals surface area contributed by atoms with Crippen LogP contribution in [0.4, 0.5) is 10.5 Å². The first kappa shape index (κ1) is 21.2. The van der Waals surface area contributed by atoms with Crippen LogP contribution in [0.1, 0.15) is 34.1 Å². The average Bonchev–Trinajstić information content (AvgIpc) is 3.46. The van der Waals surface area contributed by atoms with Gasteiger partial charge in [0.25, 0.3) is 0 Å². The van der Waals surface area contributed by atoms with Crippen LogP contribution in [0.5, 0.6) is 0 Å². The van der Waals surface area contributed by atoms with Gasteiger partial charge in [0, 0.05) is 21.5 Å². The number of aliphatic hydroxyl groups is 1. The lowest BCUT2D eigenvalue weighted by atomic mass is 10.0. The number of sulfonamides is 1. The van der Waals surface area contributed by atoms with Gasteiger partial charge in [0.1, 0.15) is 6.08 Å². The molecule has 1 amide bonds. The van der Waals surface area contributed by atoms with Crippen molar-refractivity contribution in [2.45, 2.75) is 56.1 Å². The van der Waals surface area contributed by atoms with Gasteiger partial charge in [-0.15, -0.1) is 0 Å². The maximum Gasteiger partial charge on any atom is 0.407 e. The summed E-state index contributed by atoms with van der Waals surface area (Å²) in [6, 6.07) is 11.3. The molecule has 0 aliphatic carbocycles. The van der Waals surface area contributed by atoms with Crippen LogP contribution in [0.25, 0.3) is 0 Å². The molecule has 2 heterocycles. The van der Waals surface area contributed by atoms with Crippen LogP contribution in [-0.4, -0.2) is 74.6 Å². The molecule has 0 radical (unpaired) electrons. The Bertz CT molecular complexity index is 1430. The van der Waals surface area contributed by atoms with E-state index in [1.165, 1.54) is 24.3 Å². The maximum atomic E-state index is 13.8. The lowest BCUT2D eigenvalue weighted by molar-refractivity contribution is -0.0907. The normalized spacial score (nSPS) is 29.6. The number of rotatable bonds is 11. The number of anilines is 1. The SMILES string of the molecule is [2H]C([2H])(N(CC(C)C)S(=O)(=O)c1ccc(N)cc1)[C@]([2H])(O)[C@H](Cc1ccccc1)NC(=O)O[C@]1([2H])[C@@H]2CCO[C@@H]2OC1([2H])[2H]. The lowest BCUT2D eigenvalue weighted by Crippen LogP contribution is -2.51. The van der Waals surface area contributed by atoms with Gasteiger partial charge in [0.15, 0.2) is 6.29 Å². The first-order chi connectivity index (χ1) is 20.3. The number of nitrogens with two attached hydrogens (primary N) is 1. The number of carbonyl (C=O) groups excluding carboxylic acids is 1. The van der Waals surface area contributed by atoms with E-state index < -0.39 is 72.0 Å². The molecule has 0 saturated carbocycles. The predicted molar refractivity (Wildman–Crippen MR) is 142 cm³/mol. The van der Waals surface area contributed by atoms with Crippen molar-refractivity contribution >= 4 is 21.8 Å². The van der Waals surface area contributed by atoms with E-state index >= 15 is 0 Å². The largest absolute Gasteiger partial charge is 0.443 e. The smallest absolute Gasteiger partial charge is 0.407 e. The molecule has 0 bridgehead atoms. The standard InChI is InChI=1S/C27H37N3O7S/c1-18(2)15-30(38(33,34)21-10-8-20(28)9-11-21)16-24(31)23(14-19-6-4-3-5-7-19)29-27(32)37-25-17-36-26-22(25)12-13-35-26/h3-11,18,22-26,31H,12-17,28H2,1-2H3,(H,29,32)/t22-,23-,24-,25-,26+/m0/s1/i16D2,17D2,24D,25D. The van der Waals surface area contributed by atoms with Crippen molar-refractivity contribution in [2.75, 3.05) is 31.9 Å². The van der Waals surface area contributed by atoms with Gasteiger partial charge >= 0.3 is 6.09 Å². The summed E-state index contributed by atoms with van der Waals surface area (Å²) >= 11 is 0. The Hall–Kier alpha value is -2.70. The van der Waals surface area contributed by atoms with E-state index in [-0.39, 0.29) is 30.0 Å². The highest BCUT2D eigenvalue weighted by Crippen LogP contribution is 2.33. The zero-order chi connectivity index (χ0) is 32.7. The van der Waals surface area contributed by atoms with E-state index in [2.05, 4.69) is 5.32 Å². The third kappa shape index (κ3) is 7.03. The molecule has 2 aromatic rings. The molecule has 208 valence electrons. The summed E-state index contributed by atoms with van der Waals surface area (Å²) in [5, 5.41) is 13.9. The predicted octanol–water partition coefficient (Wildman–Crippen LogP) is 2.38. The fourth-order valence-electron chi connectivity index (χ4n) is 4.07. The number of nitrogens with one attached hydrogen (secondary N) is 1. The summed E-state index contributed by atoms with van der Waals surface area (Å²) in [7, 11) is -4.67. The summed E-state index contributed by atoms with van der Waals surface area (Å²) in [4.78, 5) is 12.9. The highest BCUT2D eigenvalue weighted by atomic mass is 32.2. The molecule has 0 aromatic heterocycles. The number of hydrogen-bond acceptors (Lipinski definition) is 8. The Kier molecular flexibility index (Phi) is 6.93. The van der Waals surface area contributed by atoms with Gasteiger partial charge in [0.05, 0.1) is 41.6 Å². The molecular weight excluding hydrogens is 510 g/mol. The van der Waals surface area contributed by atoms with Crippen molar-refractivity contribution in [1.29, 1.82) is 0 Å². The van der Waals surface area contributed by atoms with Crippen LogP contribution in [0.15, 0.2) is 59.5 Å². The highest BCUT2D eigenvalue weighted by molar-refractivity contribution is 7.89. The number of hydrogen-bond donors (Lipinski definition) is 3. The molecular formula is C27H37N3O7S. The Labute approximate surface area is 232 Å². The fourth-order valence-corrected chi connectivity index (χ4v) is 5.51. The molecule has 2 aliphatic rings. The zero-order valence-corrected chi connectivity index (χ0v) is 22.0. The summed E-state index contributed by atoms with van der Waals surface area (Å²) in [5.41, 5.74) is 6.41. The number of alkyl carbamates (subject to hydrolysis) is 1. The second kappa shape index (κ2) is 12.4. The van der Waals surface area contributed by atoms with Crippen molar-refractivity contribution in [2.24, 2.45) is 11.8 Å². The number of carbonyl (C=O) groups is 1. The van der Waals surface area contributed by atoms with Crippen molar-refractivity contribution in [1.82, 2.24) is 9.62 Å². The van der Waals surface area contributed by atoms with E-state index in [1.54, 1.807) is 44.2 Å². The third-order valence-electron chi connectivity index (χ3n) is 6.00. The van der Waals surface area contributed by atoms with Gasteiger partial charge < -0.3 is 30.4 Å². The van der Waals surface area contributed by atoms with Crippen molar-refractivity contribution < 1.29 is 40.8 Å². The molecule has 11 heteroatoms. The van der Waals surface area contributed by atoms with Crippen LogP contribution >= 0.6 is 0 Å². The molecule has 10 nitrogen and oxygen atoms in total. The minimum Gasteiger partial charge on any atom is -0.443 e. The Morgan fingerprint density at radius 2 is 2.00 bits per heavy atom. The summed E-state index contributed by atoms with van der Waals surface area (Å²) in [5.74, 6) is -1.44. The van der Waals surface area contributed by atoms with E-state index in [1.807, 2.05) is 0 Å². The van der Waals surface area contributed by atoms with E-state index in [0.29, 0.717) is 9.87 Å². The molecule has 2 aromatic carbocycles. The number of ether oxygens (including phenoxy) is 3. The van der Waals surface area contributed by atoms with Gasteiger partial charge in [0.2, 0.25) is 10.0 Å². The molecule has 38 heavy (non-hydrogen) atoms. The van der Waals surface area contributed by atoms with Crippen molar-refractivity contribution in [3.63, 3.8) is 0 Å². The molecule has 2 fully saturated rings. The first-order valence-corrected chi connectivity index (χ1v) is 13.7. The summed E-state index contributed by atoms with van der Waals surface area (Å²) < 4.78 is 95.4. The second-order valence-corrected chi connectivity index (χ2v) is 11.4. The van der Waals surface area contributed by atoms with Gasteiger partial charge in [-0.2, -0.15) is 4.31 Å². The van der Waals surface area contributed by atoms with E-state index in [4.69, 9.17) is 28.2 Å². The molecule has 2 aliphatic heterocycles.